The van der Waals surface area contributed by atoms with Crippen molar-refractivity contribution in [3.63, 3.8) is 0 Å². The van der Waals surface area contributed by atoms with Crippen molar-refractivity contribution in [3.8, 4) is 11.4 Å². The number of nitrogens with one attached hydrogen (secondary N) is 1. The Bertz CT molecular complexity index is 825. The Hall–Kier alpha value is -3.13. The van der Waals surface area contributed by atoms with Crippen LogP contribution in [0.3, 0.4) is 0 Å². The van der Waals surface area contributed by atoms with Crippen molar-refractivity contribution in [2.75, 3.05) is 14.2 Å². The lowest BCUT2D eigenvalue weighted by molar-refractivity contribution is 0.0937. The van der Waals surface area contributed by atoms with Crippen LogP contribution in [-0.4, -0.2) is 35.1 Å². The number of hydrogen-bond acceptors (Lipinski definition) is 6. The van der Waals surface area contributed by atoms with E-state index in [1.165, 1.54) is 0 Å². The van der Waals surface area contributed by atoms with Gasteiger partial charge in [-0.25, -0.2) is 4.68 Å². The Labute approximate surface area is 144 Å². The minimum absolute atomic E-state index is 0.197. The molecule has 1 aromatic carbocycles. The Morgan fingerprint density at radius 3 is 2.68 bits per heavy atom. The molecule has 0 unspecified atom stereocenters. The number of furan rings is 1. The van der Waals surface area contributed by atoms with Gasteiger partial charge in [0, 0.05) is 7.11 Å². The fraction of sp³-hybridized carbons (Fsp3) is 0.235. The van der Waals surface area contributed by atoms with Crippen LogP contribution >= 0.6 is 0 Å². The third kappa shape index (κ3) is 3.69. The number of carbonyl (C=O) groups is 1. The lowest BCUT2D eigenvalue weighted by Crippen LogP contribution is -2.24. The molecule has 8 nitrogen and oxygen atoms in total. The van der Waals surface area contributed by atoms with Crippen molar-refractivity contribution in [2.24, 2.45) is 0 Å². The van der Waals surface area contributed by atoms with Gasteiger partial charge in [0.1, 0.15) is 17.2 Å². The Morgan fingerprint density at radius 1 is 1.24 bits per heavy atom. The highest BCUT2D eigenvalue weighted by Crippen LogP contribution is 2.18. The van der Waals surface area contributed by atoms with Gasteiger partial charge in [-0.1, -0.05) is 5.21 Å². The summed E-state index contributed by atoms with van der Waals surface area (Å²) in [6.45, 7) is 0.468. The number of methoxy groups -OCH3 is 2. The van der Waals surface area contributed by atoms with E-state index in [4.69, 9.17) is 13.9 Å². The summed E-state index contributed by atoms with van der Waals surface area (Å²) in [4.78, 5) is 12.4. The van der Waals surface area contributed by atoms with E-state index in [0.29, 0.717) is 11.5 Å². The number of benzene rings is 1. The van der Waals surface area contributed by atoms with Crippen LogP contribution in [0.15, 0.2) is 47.1 Å². The zero-order valence-corrected chi connectivity index (χ0v) is 13.9. The van der Waals surface area contributed by atoms with Gasteiger partial charge in [-0.3, -0.25) is 4.79 Å². The summed E-state index contributed by atoms with van der Waals surface area (Å²) in [7, 11) is 3.15. The number of hydrogen-bond donors (Lipinski definition) is 1. The zero-order chi connectivity index (χ0) is 17.6. The molecule has 0 spiro atoms. The molecule has 1 amide bonds. The maximum absolute atomic E-state index is 12.4. The quantitative estimate of drug-likeness (QED) is 0.705. The third-order valence-electron chi connectivity index (χ3n) is 3.58. The lowest BCUT2D eigenvalue weighted by atomic mass is 10.2. The molecule has 2 heterocycles. The van der Waals surface area contributed by atoms with Gasteiger partial charge >= 0.3 is 0 Å². The second-order valence-electron chi connectivity index (χ2n) is 5.19. The van der Waals surface area contributed by atoms with E-state index in [1.807, 2.05) is 24.3 Å². The summed E-state index contributed by atoms with van der Waals surface area (Å²) in [6, 6.07) is 10.8. The molecule has 0 aliphatic rings. The number of nitrogens with zero attached hydrogens (tertiary/aromatic N) is 3. The van der Waals surface area contributed by atoms with Crippen LogP contribution in [0, 0.1) is 0 Å². The molecule has 8 heteroatoms. The van der Waals surface area contributed by atoms with Crippen LogP contribution in [0.25, 0.3) is 5.69 Å². The normalized spacial score (nSPS) is 10.6. The fourth-order valence-corrected chi connectivity index (χ4v) is 2.34. The lowest BCUT2D eigenvalue weighted by Gasteiger charge is -2.08. The molecular formula is C17H18N4O4. The third-order valence-corrected chi connectivity index (χ3v) is 3.58. The molecule has 0 fully saturated rings. The van der Waals surface area contributed by atoms with Crippen molar-refractivity contribution in [1.82, 2.24) is 20.3 Å². The van der Waals surface area contributed by atoms with Gasteiger partial charge in [-0.05, 0) is 36.4 Å². The van der Waals surface area contributed by atoms with Crippen molar-refractivity contribution >= 4 is 5.91 Å². The zero-order valence-electron chi connectivity index (χ0n) is 13.9. The van der Waals surface area contributed by atoms with Gasteiger partial charge in [-0.15, -0.1) is 5.10 Å². The van der Waals surface area contributed by atoms with Crippen LogP contribution in [-0.2, 0) is 17.9 Å². The van der Waals surface area contributed by atoms with E-state index in [1.54, 1.807) is 37.3 Å². The number of ether oxygens (including phenoxy) is 2. The molecular weight excluding hydrogens is 324 g/mol. The van der Waals surface area contributed by atoms with Gasteiger partial charge in [0.05, 0.1) is 32.2 Å². The smallest absolute Gasteiger partial charge is 0.274 e. The first-order chi connectivity index (χ1) is 12.2. The van der Waals surface area contributed by atoms with Crippen LogP contribution in [0.5, 0.6) is 5.75 Å². The largest absolute Gasteiger partial charge is 0.497 e. The standard InChI is InChI=1S/C17H18N4O4/c1-23-11-15-16(17(22)18-10-14-4-3-9-25-14)19-20-21(15)12-5-7-13(24-2)8-6-12/h3-9H,10-11H2,1-2H3,(H,18,22). The van der Waals surface area contributed by atoms with Crippen molar-refractivity contribution in [3.05, 3.63) is 59.8 Å². The summed E-state index contributed by atoms with van der Waals surface area (Å²) in [5, 5.41) is 10.9. The predicted molar refractivity (Wildman–Crippen MR) is 88.5 cm³/mol. The minimum Gasteiger partial charge on any atom is -0.497 e. The molecule has 0 aliphatic carbocycles. The second kappa shape index (κ2) is 7.63. The van der Waals surface area contributed by atoms with Crippen LogP contribution in [0.1, 0.15) is 21.9 Å². The highest BCUT2D eigenvalue weighted by molar-refractivity contribution is 5.93. The highest BCUT2D eigenvalue weighted by Gasteiger charge is 2.20. The second-order valence-corrected chi connectivity index (χ2v) is 5.19. The maximum atomic E-state index is 12.4. The molecule has 0 aliphatic heterocycles. The molecule has 0 saturated heterocycles. The highest BCUT2D eigenvalue weighted by atomic mass is 16.5. The summed E-state index contributed by atoms with van der Waals surface area (Å²) >= 11 is 0. The van der Waals surface area contributed by atoms with E-state index in [-0.39, 0.29) is 24.8 Å². The molecule has 1 N–H and O–H groups in total. The number of amides is 1. The summed E-state index contributed by atoms with van der Waals surface area (Å²) in [6.07, 6.45) is 1.55. The van der Waals surface area contributed by atoms with E-state index in [0.717, 1.165) is 11.4 Å². The first kappa shape index (κ1) is 16.7. The molecule has 2 aromatic heterocycles. The van der Waals surface area contributed by atoms with E-state index in [2.05, 4.69) is 15.6 Å². The van der Waals surface area contributed by atoms with Gasteiger partial charge in [0.15, 0.2) is 5.69 Å². The van der Waals surface area contributed by atoms with E-state index in [9.17, 15) is 4.79 Å². The number of aromatic nitrogens is 3. The first-order valence-electron chi connectivity index (χ1n) is 7.61. The summed E-state index contributed by atoms with van der Waals surface area (Å²) in [5.41, 5.74) is 1.53. The fourth-order valence-electron chi connectivity index (χ4n) is 2.34. The van der Waals surface area contributed by atoms with E-state index < -0.39 is 0 Å². The van der Waals surface area contributed by atoms with Crippen molar-refractivity contribution in [2.45, 2.75) is 13.2 Å². The monoisotopic (exact) mass is 342 g/mol. The molecule has 25 heavy (non-hydrogen) atoms. The summed E-state index contributed by atoms with van der Waals surface area (Å²) in [5.74, 6) is 1.04. The maximum Gasteiger partial charge on any atom is 0.274 e. The average molecular weight is 342 g/mol. The molecule has 0 radical (unpaired) electrons. The Morgan fingerprint density at radius 2 is 2.04 bits per heavy atom. The van der Waals surface area contributed by atoms with E-state index >= 15 is 0 Å². The SMILES string of the molecule is COCc1c(C(=O)NCc2ccco2)nnn1-c1ccc(OC)cc1. The first-order valence-corrected chi connectivity index (χ1v) is 7.61. The summed E-state index contributed by atoms with van der Waals surface area (Å²) < 4.78 is 17.1. The Kier molecular flexibility index (Phi) is 5.10. The van der Waals surface area contributed by atoms with Gasteiger partial charge in [0.25, 0.3) is 5.91 Å². The number of carbonyl (C=O) groups excluding carboxylic acids is 1. The van der Waals surface area contributed by atoms with Gasteiger partial charge in [0.2, 0.25) is 0 Å². The number of rotatable bonds is 7. The molecule has 0 saturated carbocycles. The van der Waals surface area contributed by atoms with Gasteiger partial charge in [-0.2, -0.15) is 0 Å². The van der Waals surface area contributed by atoms with Crippen LogP contribution in [0.2, 0.25) is 0 Å². The van der Waals surface area contributed by atoms with Crippen molar-refractivity contribution in [1.29, 1.82) is 0 Å². The van der Waals surface area contributed by atoms with Crippen LogP contribution in [0.4, 0.5) is 0 Å². The minimum atomic E-state index is -0.344. The molecule has 3 aromatic rings. The van der Waals surface area contributed by atoms with Gasteiger partial charge < -0.3 is 19.2 Å². The molecule has 130 valence electrons. The topological polar surface area (TPSA) is 91.4 Å². The van der Waals surface area contributed by atoms with Crippen molar-refractivity contribution < 1.29 is 18.7 Å². The Balaban J connectivity index is 1.84. The molecule has 3 rings (SSSR count). The predicted octanol–water partition coefficient (Wildman–Crippen LogP) is 1.95. The van der Waals surface area contributed by atoms with Crippen LogP contribution < -0.4 is 10.1 Å². The molecule has 0 atom stereocenters. The average Bonchev–Trinajstić information content (AvgIpc) is 3.30. The molecule has 0 bridgehead atoms.